The molecule has 2 aliphatic rings. The van der Waals surface area contributed by atoms with Gasteiger partial charge in [0.05, 0.1) is 42.5 Å². The summed E-state index contributed by atoms with van der Waals surface area (Å²) in [6, 6.07) is 11.1. The first-order valence-electron chi connectivity index (χ1n) is 13.1. The van der Waals surface area contributed by atoms with Crippen LogP contribution in [0, 0.1) is 0 Å². The Bertz CT molecular complexity index is 1390. The maximum atomic E-state index is 14.1. The van der Waals surface area contributed by atoms with E-state index in [1.807, 2.05) is 18.2 Å². The number of thiazole rings is 1. The van der Waals surface area contributed by atoms with Crippen molar-refractivity contribution in [3.8, 4) is 11.5 Å². The molecule has 2 saturated heterocycles. The Kier molecular flexibility index (Phi) is 8.67. The van der Waals surface area contributed by atoms with Crippen LogP contribution in [0.25, 0.3) is 10.2 Å². The molecule has 210 valence electrons. The predicted molar refractivity (Wildman–Crippen MR) is 150 cm³/mol. The molecular weight excluding hydrogens is 540 g/mol. The molecule has 10 nitrogen and oxygen atoms in total. The van der Waals surface area contributed by atoms with Crippen LogP contribution in [-0.4, -0.2) is 94.7 Å². The van der Waals surface area contributed by atoms with Crippen molar-refractivity contribution in [1.29, 1.82) is 0 Å². The Morgan fingerprint density at radius 3 is 2.51 bits per heavy atom. The summed E-state index contributed by atoms with van der Waals surface area (Å²) in [7, 11) is -0.733. The van der Waals surface area contributed by atoms with E-state index in [1.54, 1.807) is 24.1 Å². The monoisotopic (exact) mass is 574 g/mol. The highest BCUT2D eigenvalue weighted by molar-refractivity contribution is 7.89. The van der Waals surface area contributed by atoms with Crippen LogP contribution in [0.3, 0.4) is 0 Å². The molecule has 3 heterocycles. The topological polar surface area (TPSA) is 102 Å². The van der Waals surface area contributed by atoms with Crippen molar-refractivity contribution in [3.05, 3.63) is 42.5 Å². The van der Waals surface area contributed by atoms with E-state index in [1.165, 1.54) is 34.9 Å². The fourth-order valence-corrected chi connectivity index (χ4v) is 7.68. The quantitative estimate of drug-likeness (QED) is 0.364. The van der Waals surface area contributed by atoms with Crippen LogP contribution in [0.15, 0.2) is 47.4 Å². The number of sulfonamides is 1. The number of carbonyl (C=O) groups is 1. The Labute approximate surface area is 233 Å². The third-order valence-corrected chi connectivity index (χ3v) is 10.2. The SMILES string of the molecule is COc1ccc(S(=O)(=O)N2CCCC2C(=O)N(CCCN2CCOCC2)c2nc3cc(OC)ccc3s2)cc1. The molecule has 0 bridgehead atoms. The van der Waals surface area contributed by atoms with Crippen molar-refractivity contribution in [2.45, 2.75) is 30.2 Å². The van der Waals surface area contributed by atoms with Gasteiger partial charge in [0.1, 0.15) is 17.5 Å². The molecule has 0 N–H and O–H groups in total. The predicted octanol–water partition coefficient (Wildman–Crippen LogP) is 3.22. The van der Waals surface area contributed by atoms with Crippen LogP contribution in [0.4, 0.5) is 5.13 Å². The lowest BCUT2D eigenvalue weighted by atomic mass is 10.2. The van der Waals surface area contributed by atoms with Gasteiger partial charge in [0.2, 0.25) is 15.9 Å². The summed E-state index contributed by atoms with van der Waals surface area (Å²) in [5.41, 5.74) is 0.745. The average Bonchev–Trinajstić information content (AvgIpc) is 3.63. The zero-order valence-electron chi connectivity index (χ0n) is 22.2. The molecule has 2 fully saturated rings. The standard InChI is InChI=1S/C27H34N4O6S2/c1-35-20-6-9-22(10-7-20)39(33,34)31-14-3-5-24(31)26(32)30(13-4-12-29-15-17-37-18-16-29)27-28-23-19-21(36-2)8-11-25(23)38-27/h6-11,19,24H,3-5,12-18H2,1-2H3. The molecule has 0 aliphatic carbocycles. The van der Waals surface area contributed by atoms with Gasteiger partial charge in [0.25, 0.3) is 0 Å². The molecule has 2 aromatic carbocycles. The summed E-state index contributed by atoms with van der Waals surface area (Å²) in [4.78, 5) is 23.1. The van der Waals surface area contributed by atoms with Gasteiger partial charge in [-0.3, -0.25) is 14.6 Å². The Hall–Kier alpha value is -2.77. The zero-order chi connectivity index (χ0) is 27.4. The summed E-state index contributed by atoms with van der Waals surface area (Å²) in [6.45, 7) is 4.72. The van der Waals surface area contributed by atoms with E-state index in [0.29, 0.717) is 55.8 Å². The Morgan fingerprint density at radius 2 is 1.79 bits per heavy atom. The summed E-state index contributed by atoms with van der Waals surface area (Å²) in [6.07, 6.45) is 1.82. The Balaban J connectivity index is 1.41. The van der Waals surface area contributed by atoms with Crippen molar-refractivity contribution < 1.29 is 27.4 Å². The van der Waals surface area contributed by atoms with Crippen LogP contribution in [-0.2, 0) is 19.6 Å². The molecule has 0 radical (unpaired) electrons. The number of aromatic nitrogens is 1. The number of hydrogen-bond donors (Lipinski definition) is 0. The minimum atomic E-state index is -3.87. The van der Waals surface area contributed by atoms with Gasteiger partial charge in [-0.05, 0) is 55.7 Å². The second-order valence-electron chi connectivity index (χ2n) is 9.58. The number of nitrogens with zero attached hydrogens (tertiary/aromatic N) is 4. The van der Waals surface area contributed by atoms with E-state index in [0.717, 1.165) is 36.3 Å². The normalized spacial score (nSPS) is 18.9. The smallest absolute Gasteiger partial charge is 0.247 e. The van der Waals surface area contributed by atoms with Crippen LogP contribution >= 0.6 is 11.3 Å². The van der Waals surface area contributed by atoms with Crippen LogP contribution in [0.5, 0.6) is 11.5 Å². The molecule has 0 spiro atoms. The van der Waals surface area contributed by atoms with Crippen molar-refractivity contribution in [3.63, 3.8) is 0 Å². The number of methoxy groups -OCH3 is 2. The van der Waals surface area contributed by atoms with Gasteiger partial charge in [0.15, 0.2) is 5.13 Å². The third kappa shape index (κ3) is 6.04. The molecule has 1 atom stereocenters. The highest BCUT2D eigenvalue weighted by Crippen LogP contribution is 2.34. The van der Waals surface area contributed by atoms with Crippen LogP contribution in [0.1, 0.15) is 19.3 Å². The van der Waals surface area contributed by atoms with Crippen LogP contribution < -0.4 is 14.4 Å². The van der Waals surface area contributed by atoms with Gasteiger partial charge in [-0.15, -0.1) is 0 Å². The van der Waals surface area contributed by atoms with Gasteiger partial charge in [-0.2, -0.15) is 4.31 Å². The number of rotatable bonds is 10. The molecule has 39 heavy (non-hydrogen) atoms. The lowest BCUT2D eigenvalue weighted by molar-refractivity contribution is -0.121. The van der Waals surface area contributed by atoms with Crippen molar-refractivity contribution in [2.24, 2.45) is 0 Å². The Morgan fingerprint density at radius 1 is 1.08 bits per heavy atom. The van der Waals surface area contributed by atoms with Crippen LogP contribution in [0.2, 0.25) is 0 Å². The lowest BCUT2D eigenvalue weighted by Crippen LogP contribution is -2.48. The third-order valence-electron chi connectivity index (χ3n) is 7.19. The molecular formula is C27H34N4O6S2. The van der Waals surface area contributed by atoms with E-state index >= 15 is 0 Å². The minimum absolute atomic E-state index is 0.147. The molecule has 12 heteroatoms. The largest absolute Gasteiger partial charge is 0.497 e. The first-order chi connectivity index (χ1) is 18.9. The fourth-order valence-electron chi connectivity index (χ4n) is 5.05. The molecule has 0 saturated carbocycles. The summed E-state index contributed by atoms with van der Waals surface area (Å²) in [5.74, 6) is 1.02. The van der Waals surface area contributed by atoms with Crippen molar-refractivity contribution in [1.82, 2.24) is 14.2 Å². The molecule has 1 aromatic heterocycles. The van der Waals surface area contributed by atoms with E-state index in [4.69, 9.17) is 19.2 Å². The number of fused-ring (bicyclic) bond motifs is 1. The number of ether oxygens (including phenoxy) is 3. The molecule has 3 aromatic rings. The minimum Gasteiger partial charge on any atom is -0.497 e. The number of carbonyl (C=O) groups excluding carboxylic acids is 1. The molecule has 5 rings (SSSR count). The summed E-state index contributed by atoms with van der Waals surface area (Å²) in [5, 5.41) is 0.568. The second-order valence-corrected chi connectivity index (χ2v) is 12.5. The van der Waals surface area contributed by atoms with E-state index in [-0.39, 0.29) is 10.8 Å². The van der Waals surface area contributed by atoms with E-state index in [2.05, 4.69) is 4.90 Å². The van der Waals surface area contributed by atoms with Gasteiger partial charge < -0.3 is 14.2 Å². The molecule has 1 amide bonds. The lowest BCUT2D eigenvalue weighted by Gasteiger charge is -2.30. The van der Waals surface area contributed by atoms with Gasteiger partial charge in [-0.1, -0.05) is 11.3 Å². The summed E-state index contributed by atoms with van der Waals surface area (Å²) < 4.78 is 45.5. The maximum Gasteiger partial charge on any atom is 0.247 e. The number of hydrogen-bond acceptors (Lipinski definition) is 9. The number of benzene rings is 2. The number of amides is 1. The number of morpholine rings is 1. The van der Waals surface area contributed by atoms with Gasteiger partial charge >= 0.3 is 0 Å². The highest BCUT2D eigenvalue weighted by atomic mass is 32.2. The van der Waals surface area contributed by atoms with E-state index in [9.17, 15) is 13.2 Å². The van der Waals surface area contributed by atoms with Crippen molar-refractivity contribution in [2.75, 3.05) is 65.1 Å². The first-order valence-corrected chi connectivity index (χ1v) is 15.4. The first kappa shape index (κ1) is 27.8. The van der Waals surface area contributed by atoms with E-state index < -0.39 is 16.1 Å². The fraction of sp³-hybridized carbons (Fsp3) is 0.481. The maximum absolute atomic E-state index is 14.1. The second kappa shape index (κ2) is 12.2. The molecule has 2 aliphatic heterocycles. The zero-order valence-corrected chi connectivity index (χ0v) is 23.9. The van der Waals surface area contributed by atoms with Gasteiger partial charge in [0, 0.05) is 38.8 Å². The van der Waals surface area contributed by atoms with Gasteiger partial charge in [-0.25, -0.2) is 13.4 Å². The number of anilines is 1. The van der Waals surface area contributed by atoms with Crippen molar-refractivity contribution >= 4 is 42.6 Å². The summed E-state index contributed by atoms with van der Waals surface area (Å²) >= 11 is 1.43. The average molecular weight is 575 g/mol. The molecule has 1 unspecified atom stereocenters. The highest BCUT2D eigenvalue weighted by Gasteiger charge is 2.42.